The van der Waals surface area contributed by atoms with Crippen molar-refractivity contribution in [3.63, 3.8) is 0 Å². The highest BCUT2D eigenvalue weighted by Crippen LogP contribution is 2.31. The third kappa shape index (κ3) is 3.93. The standard InChI is InChI=1S/C18H20N4O3/c1-12(23)19-10-13-7-8-14(20-11-13)16-5-3-9-22(16)18(25)15-4-2-6-17(24)21-15/h2,4,6-8,11,16H,3,5,9-10H2,1H3,(H,19,23)(H,21,24)/t16-/m1/s1. The van der Waals surface area contributed by atoms with Crippen molar-refractivity contribution in [2.45, 2.75) is 32.4 Å². The van der Waals surface area contributed by atoms with E-state index in [9.17, 15) is 14.4 Å². The highest BCUT2D eigenvalue weighted by molar-refractivity contribution is 5.92. The molecule has 1 aliphatic rings. The van der Waals surface area contributed by atoms with Crippen molar-refractivity contribution in [2.75, 3.05) is 6.54 Å². The molecule has 0 saturated carbocycles. The molecule has 0 radical (unpaired) electrons. The Kier molecular flexibility index (Phi) is 4.92. The molecular weight excluding hydrogens is 320 g/mol. The van der Waals surface area contributed by atoms with Crippen molar-refractivity contribution in [1.82, 2.24) is 20.2 Å². The van der Waals surface area contributed by atoms with Crippen LogP contribution >= 0.6 is 0 Å². The van der Waals surface area contributed by atoms with E-state index in [1.54, 1.807) is 23.2 Å². The fourth-order valence-corrected chi connectivity index (χ4v) is 3.01. The lowest BCUT2D eigenvalue weighted by atomic mass is 10.1. The molecule has 2 aromatic rings. The van der Waals surface area contributed by atoms with Gasteiger partial charge in [0, 0.05) is 32.3 Å². The number of nitrogens with one attached hydrogen (secondary N) is 2. The molecule has 0 aliphatic carbocycles. The molecule has 25 heavy (non-hydrogen) atoms. The van der Waals surface area contributed by atoms with Crippen LogP contribution in [0.3, 0.4) is 0 Å². The number of nitrogens with zero attached hydrogens (tertiary/aromatic N) is 2. The van der Waals surface area contributed by atoms with Gasteiger partial charge in [0.1, 0.15) is 5.69 Å². The summed E-state index contributed by atoms with van der Waals surface area (Å²) < 4.78 is 0. The van der Waals surface area contributed by atoms with E-state index in [1.165, 1.54) is 13.0 Å². The molecule has 0 unspecified atom stereocenters. The summed E-state index contributed by atoms with van der Waals surface area (Å²) in [7, 11) is 0. The number of rotatable bonds is 4. The maximum Gasteiger partial charge on any atom is 0.270 e. The molecule has 3 heterocycles. The van der Waals surface area contributed by atoms with Crippen LogP contribution < -0.4 is 10.9 Å². The quantitative estimate of drug-likeness (QED) is 0.879. The minimum Gasteiger partial charge on any atom is -0.352 e. The first-order chi connectivity index (χ1) is 12.0. The molecule has 0 bridgehead atoms. The largest absolute Gasteiger partial charge is 0.352 e. The van der Waals surface area contributed by atoms with Crippen molar-refractivity contribution >= 4 is 11.8 Å². The molecule has 2 N–H and O–H groups in total. The number of likely N-dealkylation sites (tertiary alicyclic amines) is 1. The van der Waals surface area contributed by atoms with Gasteiger partial charge in [0.15, 0.2) is 0 Å². The van der Waals surface area contributed by atoms with Crippen molar-refractivity contribution in [2.24, 2.45) is 0 Å². The molecule has 1 atom stereocenters. The van der Waals surface area contributed by atoms with Crippen molar-refractivity contribution < 1.29 is 9.59 Å². The Bertz CT molecular complexity index is 829. The smallest absolute Gasteiger partial charge is 0.270 e. The molecule has 7 nitrogen and oxygen atoms in total. The molecule has 7 heteroatoms. The third-order valence-electron chi connectivity index (χ3n) is 4.24. The molecule has 130 valence electrons. The first-order valence-corrected chi connectivity index (χ1v) is 8.24. The Labute approximate surface area is 145 Å². The second-order valence-electron chi connectivity index (χ2n) is 6.09. The predicted molar refractivity (Wildman–Crippen MR) is 91.8 cm³/mol. The van der Waals surface area contributed by atoms with Gasteiger partial charge in [-0.2, -0.15) is 0 Å². The molecule has 1 fully saturated rings. The van der Waals surface area contributed by atoms with Gasteiger partial charge < -0.3 is 15.2 Å². The summed E-state index contributed by atoms with van der Waals surface area (Å²) in [6, 6.07) is 8.26. The van der Waals surface area contributed by atoms with Crippen molar-refractivity contribution in [3.05, 3.63) is 63.8 Å². The zero-order valence-corrected chi connectivity index (χ0v) is 14.0. The fraction of sp³-hybridized carbons (Fsp3) is 0.333. The number of aromatic amines is 1. The van der Waals surface area contributed by atoms with Crippen LogP contribution in [0.2, 0.25) is 0 Å². The molecule has 1 aliphatic heterocycles. The van der Waals surface area contributed by atoms with Gasteiger partial charge in [0.25, 0.3) is 5.91 Å². The number of aromatic nitrogens is 2. The molecule has 3 rings (SSSR count). The van der Waals surface area contributed by atoms with Gasteiger partial charge in [-0.1, -0.05) is 12.1 Å². The predicted octanol–water partition coefficient (Wildman–Crippen LogP) is 1.38. The minimum absolute atomic E-state index is 0.0894. The van der Waals surface area contributed by atoms with Gasteiger partial charge in [-0.05, 0) is 30.5 Å². The Balaban J connectivity index is 1.76. The van der Waals surface area contributed by atoms with E-state index >= 15 is 0 Å². The van der Waals surface area contributed by atoms with Crippen LogP contribution in [-0.4, -0.2) is 33.2 Å². The topological polar surface area (TPSA) is 95.2 Å². The molecule has 0 spiro atoms. The number of hydrogen-bond donors (Lipinski definition) is 2. The SMILES string of the molecule is CC(=O)NCc1ccc([C@H]2CCCN2C(=O)c2cccc(=O)[nH]2)nc1. The maximum absolute atomic E-state index is 12.7. The van der Waals surface area contributed by atoms with Crippen molar-refractivity contribution in [3.8, 4) is 0 Å². The van der Waals surface area contributed by atoms with Crippen LogP contribution in [0, 0.1) is 0 Å². The highest BCUT2D eigenvalue weighted by Gasteiger charge is 2.31. The van der Waals surface area contributed by atoms with E-state index in [4.69, 9.17) is 0 Å². The lowest BCUT2D eigenvalue weighted by molar-refractivity contribution is -0.119. The van der Waals surface area contributed by atoms with E-state index in [0.717, 1.165) is 24.1 Å². The van der Waals surface area contributed by atoms with Crippen LogP contribution in [0.1, 0.15) is 47.6 Å². The zero-order valence-electron chi connectivity index (χ0n) is 14.0. The van der Waals surface area contributed by atoms with Crippen LogP contribution in [0.25, 0.3) is 0 Å². The summed E-state index contributed by atoms with van der Waals surface area (Å²) in [5.41, 5.74) is 1.72. The number of H-pyrrole nitrogens is 1. The van der Waals surface area contributed by atoms with Crippen LogP contribution in [-0.2, 0) is 11.3 Å². The average molecular weight is 340 g/mol. The summed E-state index contributed by atoms with van der Waals surface area (Å²) in [6.07, 6.45) is 3.44. The second-order valence-corrected chi connectivity index (χ2v) is 6.09. The lowest BCUT2D eigenvalue weighted by Gasteiger charge is -2.24. The first kappa shape index (κ1) is 16.9. The summed E-state index contributed by atoms with van der Waals surface area (Å²) in [6.45, 7) is 2.54. The normalized spacial score (nSPS) is 16.7. The zero-order chi connectivity index (χ0) is 17.8. The molecule has 1 saturated heterocycles. The molecule has 2 amide bonds. The number of pyridine rings is 2. The summed E-state index contributed by atoms with van der Waals surface area (Å²) in [5.74, 6) is -0.280. The number of amides is 2. The minimum atomic E-state index is -0.290. The molecule has 0 aromatic carbocycles. The van der Waals surface area contributed by atoms with E-state index in [0.29, 0.717) is 18.8 Å². The van der Waals surface area contributed by atoms with Gasteiger partial charge in [-0.25, -0.2) is 0 Å². The summed E-state index contributed by atoms with van der Waals surface area (Å²) >= 11 is 0. The van der Waals surface area contributed by atoms with E-state index < -0.39 is 0 Å². The highest BCUT2D eigenvalue weighted by atomic mass is 16.2. The summed E-state index contributed by atoms with van der Waals surface area (Å²) in [5, 5.41) is 2.73. The van der Waals surface area contributed by atoms with Gasteiger partial charge >= 0.3 is 0 Å². The van der Waals surface area contributed by atoms with Gasteiger partial charge in [0.2, 0.25) is 11.5 Å². The number of hydrogen-bond acceptors (Lipinski definition) is 4. The average Bonchev–Trinajstić information content (AvgIpc) is 3.09. The van der Waals surface area contributed by atoms with Gasteiger partial charge in [-0.3, -0.25) is 19.4 Å². The number of carbonyl (C=O) groups is 2. The second kappa shape index (κ2) is 7.29. The Hall–Kier alpha value is -2.96. The Morgan fingerprint density at radius 3 is 2.84 bits per heavy atom. The van der Waals surface area contributed by atoms with Crippen LogP contribution in [0.4, 0.5) is 0 Å². The van der Waals surface area contributed by atoms with Crippen LogP contribution in [0.15, 0.2) is 41.3 Å². The van der Waals surface area contributed by atoms with Gasteiger partial charge in [-0.15, -0.1) is 0 Å². The van der Waals surface area contributed by atoms with Crippen molar-refractivity contribution in [1.29, 1.82) is 0 Å². The van der Waals surface area contributed by atoms with E-state index in [-0.39, 0.29) is 23.4 Å². The first-order valence-electron chi connectivity index (χ1n) is 8.24. The third-order valence-corrected chi connectivity index (χ3v) is 4.24. The molecular formula is C18H20N4O3. The Morgan fingerprint density at radius 2 is 2.16 bits per heavy atom. The number of carbonyl (C=O) groups excluding carboxylic acids is 2. The fourth-order valence-electron chi connectivity index (χ4n) is 3.01. The maximum atomic E-state index is 12.7. The molecule has 2 aromatic heterocycles. The van der Waals surface area contributed by atoms with Gasteiger partial charge in [0.05, 0.1) is 11.7 Å². The van der Waals surface area contributed by atoms with E-state index in [2.05, 4.69) is 15.3 Å². The lowest BCUT2D eigenvalue weighted by Crippen LogP contribution is -2.32. The van der Waals surface area contributed by atoms with E-state index in [1.807, 2.05) is 12.1 Å². The monoisotopic (exact) mass is 340 g/mol. The van der Waals surface area contributed by atoms with Crippen LogP contribution in [0.5, 0.6) is 0 Å². The summed E-state index contributed by atoms with van der Waals surface area (Å²) in [4.78, 5) is 43.9. The Morgan fingerprint density at radius 1 is 1.32 bits per heavy atom.